The van der Waals surface area contributed by atoms with Gasteiger partial charge in [-0.2, -0.15) is 0 Å². The average Bonchev–Trinajstić information content (AvgIpc) is 3.27. The summed E-state index contributed by atoms with van der Waals surface area (Å²) in [6.45, 7) is 0.589. The van der Waals surface area contributed by atoms with Crippen LogP contribution in [0.25, 0.3) is 21.1 Å². The highest BCUT2D eigenvalue weighted by Crippen LogP contribution is 2.21. The van der Waals surface area contributed by atoms with Gasteiger partial charge in [0.15, 0.2) is 0 Å². The number of H-pyrrole nitrogens is 1. The molecular weight excluding hydrogens is 408 g/mol. The Bertz CT molecular complexity index is 1440. The molecule has 3 aromatic carbocycles. The Balaban J connectivity index is 1.52. The van der Waals surface area contributed by atoms with Crippen molar-refractivity contribution >= 4 is 38.4 Å². The maximum absolute atomic E-state index is 13.5. The van der Waals surface area contributed by atoms with Gasteiger partial charge in [-0.25, -0.2) is 9.97 Å². The molecule has 6 nitrogen and oxygen atoms in total. The quantitative estimate of drug-likeness (QED) is 0.452. The van der Waals surface area contributed by atoms with Crippen molar-refractivity contribution in [1.29, 1.82) is 0 Å². The van der Waals surface area contributed by atoms with Gasteiger partial charge in [0.1, 0.15) is 5.82 Å². The largest absolute Gasteiger partial charge is 0.327 e. The number of hydrogen-bond acceptors (Lipinski definition) is 5. The number of aromatic nitrogens is 3. The summed E-state index contributed by atoms with van der Waals surface area (Å²) in [4.78, 5) is 39.3. The van der Waals surface area contributed by atoms with Gasteiger partial charge in [-0.05, 0) is 35.9 Å². The van der Waals surface area contributed by atoms with Crippen LogP contribution in [0.2, 0.25) is 0 Å². The van der Waals surface area contributed by atoms with Crippen molar-refractivity contribution in [1.82, 2.24) is 19.9 Å². The average molecular weight is 427 g/mol. The van der Waals surface area contributed by atoms with E-state index in [1.807, 2.05) is 48.5 Å². The van der Waals surface area contributed by atoms with Gasteiger partial charge in [0.2, 0.25) is 0 Å². The maximum Gasteiger partial charge on any atom is 0.258 e. The normalized spacial score (nSPS) is 11.1. The summed E-state index contributed by atoms with van der Waals surface area (Å²) in [5.41, 5.74) is 4.62. The zero-order chi connectivity index (χ0) is 21.2. The number of carbonyl (C=O) groups is 1. The number of nitrogens with one attached hydrogen (secondary N) is 1. The first kappa shape index (κ1) is 19.1. The van der Waals surface area contributed by atoms with E-state index in [1.54, 1.807) is 34.7 Å². The van der Waals surface area contributed by atoms with Crippen molar-refractivity contribution in [3.05, 3.63) is 106 Å². The number of fused-ring (bicyclic) bond motifs is 2. The summed E-state index contributed by atoms with van der Waals surface area (Å²) in [5, 5.41) is 0.530. The summed E-state index contributed by atoms with van der Waals surface area (Å²) in [5.74, 6) is 0.321. The lowest BCUT2D eigenvalue weighted by Crippen LogP contribution is -2.31. The Hall–Kier alpha value is -3.84. The molecule has 0 saturated carbocycles. The number of rotatable bonds is 5. The van der Waals surface area contributed by atoms with Crippen LogP contribution in [0.4, 0.5) is 0 Å². The van der Waals surface area contributed by atoms with E-state index in [1.165, 1.54) is 11.3 Å². The number of hydrogen-bond donors (Lipinski definition) is 1. The fourth-order valence-corrected chi connectivity index (χ4v) is 4.28. The Morgan fingerprint density at radius 3 is 2.61 bits per heavy atom. The molecule has 0 bridgehead atoms. The molecule has 152 valence electrons. The lowest BCUT2D eigenvalue weighted by Gasteiger charge is -2.22. The molecule has 0 unspecified atom stereocenters. The molecule has 2 heterocycles. The van der Waals surface area contributed by atoms with E-state index in [0.29, 0.717) is 28.8 Å². The molecule has 0 aliphatic carbocycles. The van der Waals surface area contributed by atoms with E-state index in [4.69, 9.17) is 0 Å². The van der Waals surface area contributed by atoms with E-state index in [0.717, 1.165) is 15.8 Å². The number of carbonyl (C=O) groups excluding carboxylic acids is 1. The molecule has 0 aliphatic heterocycles. The number of nitrogens with zero attached hydrogens (tertiary/aromatic N) is 3. The second kappa shape index (κ2) is 8.12. The first-order chi connectivity index (χ1) is 15.2. The van der Waals surface area contributed by atoms with Gasteiger partial charge in [0.05, 0.1) is 33.2 Å². The van der Waals surface area contributed by atoms with Crippen LogP contribution in [0, 0.1) is 0 Å². The van der Waals surface area contributed by atoms with Gasteiger partial charge in [-0.15, -0.1) is 11.3 Å². The molecule has 0 radical (unpaired) electrons. The summed E-state index contributed by atoms with van der Waals surface area (Å²) < 4.78 is 0.961. The minimum atomic E-state index is -0.209. The molecule has 1 amide bonds. The van der Waals surface area contributed by atoms with Crippen LogP contribution in [0.15, 0.2) is 83.1 Å². The fraction of sp³-hybridized carbons (Fsp3) is 0.0833. The van der Waals surface area contributed by atoms with Crippen LogP contribution >= 0.6 is 11.3 Å². The fourth-order valence-electron chi connectivity index (χ4n) is 3.56. The molecule has 0 spiro atoms. The standard InChI is InChI=1S/C24H18N4O2S/c29-23-18-8-4-5-9-19(18)26-22(27-23)14-28(13-16-6-2-1-3-7-16)24(30)17-10-11-20-21(12-17)31-15-25-20/h1-12,15H,13-14H2,(H,26,27,29). The van der Waals surface area contributed by atoms with Crippen LogP contribution < -0.4 is 5.56 Å². The van der Waals surface area contributed by atoms with Crippen LogP contribution in [-0.4, -0.2) is 25.8 Å². The van der Waals surface area contributed by atoms with E-state index in [2.05, 4.69) is 15.0 Å². The number of aromatic amines is 1. The van der Waals surface area contributed by atoms with Crippen LogP contribution in [0.5, 0.6) is 0 Å². The van der Waals surface area contributed by atoms with Gasteiger partial charge in [-0.3, -0.25) is 9.59 Å². The van der Waals surface area contributed by atoms with Crippen LogP contribution in [-0.2, 0) is 13.1 Å². The molecule has 0 fully saturated rings. The molecule has 1 N–H and O–H groups in total. The van der Waals surface area contributed by atoms with Crippen molar-refractivity contribution < 1.29 is 4.79 Å². The van der Waals surface area contributed by atoms with Crippen molar-refractivity contribution in [2.75, 3.05) is 0 Å². The molecular formula is C24H18N4O2S. The molecule has 31 heavy (non-hydrogen) atoms. The highest BCUT2D eigenvalue weighted by Gasteiger charge is 2.19. The summed E-state index contributed by atoms with van der Waals surface area (Å²) in [6, 6.07) is 22.5. The third kappa shape index (κ3) is 3.95. The zero-order valence-corrected chi connectivity index (χ0v) is 17.3. The lowest BCUT2D eigenvalue weighted by atomic mass is 10.1. The van der Waals surface area contributed by atoms with Crippen molar-refractivity contribution in [2.45, 2.75) is 13.1 Å². The third-order valence-corrected chi connectivity index (χ3v) is 5.88. The Morgan fingerprint density at radius 1 is 0.935 bits per heavy atom. The van der Waals surface area contributed by atoms with Crippen molar-refractivity contribution in [3.8, 4) is 0 Å². The smallest absolute Gasteiger partial charge is 0.258 e. The Labute approximate surface area is 181 Å². The summed E-state index contributed by atoms with van der Waals surface area (Å²) >= 11 is 1.50. The van der Waals surface area contributed by atoms with Crippen LogP contribution in [0.3, 0.4) is 0 Å². The lowest BCUT2D eigenvalue weighted by molar-refractivity contribution is 0.0725. The maximum atomic E-state index is 13.5. The monoisotopic (exact) mass is 426 g/mol. The first-order valence-electron chi connectivity index (χ1n) is 9.82. The zero-order valence-electron chi connectivity index (χ0n) is 16.5. The van der Waals surface area contributed by atoms with E-state index >= 15 is 0 Å². The second-order valence-electron chi connectivity index (χ2n) is 7.21. The van der Waals surface area contributed by atoms with E-state index < -0.39 is 0 Å². The van der Waals surface area contributed by atoms with Gasteiger partial charge in [0.25, 0.3) is 11.5 Å². The molecule has 5 aromatic rings. The van der Waals surface area contributed by atoms with Crippen LogP contribution in [0.1, 0.15) is 21.7 Å². The molecule has 0 saturated heterocycles. The number of amides is 1. The van der Waals surface area contributed by atoms with E-state index in [9.17, 15) is 9.59 Å². The first-order valence-corrected chi connectivity index (χ1v) is 10.7. The van der Waals surface area contributed by atoms with Gasteiger partial charge >= 0.3 is 0 Å². The Morgan fingerprint density at radius 2 is 1.74 bits per heavy atom. The van der Waals surface area contributed by atoms with Gasteiger partial charge in [-0.1, -0.05) is 42.5 Å². The van der Waals surface area contributed by atoms with Crippen molar-refractivity contribution in [3.63, 3.8) is 0 Å². The highest BCUT2D eigenvalue weighted by molar-refractivity contribution is 7.16. The third-order valence-electron chi connectivity index (χ3n) is 5.08. The van der Waals surface area contributed by atoms with Gasteiger partial charge < -0.3 is 9.88 Å². The molecule has 0 atom stereocenters. The Kier molecular flexibility index (Phi) is 5.01. The molecule has 0 aliphatic rings. The number of para-hydroxylation sites is 1. The topological polar surface area (TPSA) is 79.0 Å². The molecule has 7 heteroatoms. The molecule has 2 aromatic heterocycles. The predicted molar refractivity (Wildman–Crippen MR) is 122 cm³/mol. The summed E-state index contributed by atoms with van der Waals surface area (Å²) in [6.07, 6.45) is 0. The number of thiazole rings is 1. The predicted octanol–water partition coefficient (Wildman–Crippen LogP) is 4.38. The van der Waals surface area contributed by atoms with E-state index in [-0.39, 0.29) is 18.0 Å². The minimum absolute atomic E-state index is 0.130. The minimum Gasteiger partial charge on any atom is -0.327 e. The highest BCUT2D eigenvalue weighted by atomic mass is 32.1. The van der Waals surface area contributed by atoms with Crippen molar-refractivity contribution in [2.24, 2.45) is 0 Å². The van der Waals surface area contributed by atoms with Gasteiger partial charge in [0, 0.05) is 12.1 Å². The number of benzene rings is 3. The second-order valence-corrected chi connectivity index (χ2v) is 8.10. The molecule has 5 rings (SSSR count). The summed E-state index contributed by atoms with van der Waals surface area (Å²) in [7, 11) is 0. The SMILES string of the molecule is O=C(c1ccc2ncsc2c1)N(Cc1ccccc1)Cc1nc2ccccc2c(=O)[nH]1.